The first kappa shape index (κ1) is 13.8. The van der Waals surface area contributed by atoms with Crippen LogP contribution >= 0.6 is 0 Å². The Morgan fingerprint density at radius 1 is 1.21 bits per heavy atom. The molecule has 86 valence electrons. The molecule has 0 aromatic rings. The first-order chi connectivity index (χ1) is 6.51. The average Bonchev–Trinajstić information content (AvgIpc) is 2.17. The van der Waals surface area contributed by atoms with E-state index in [1.807, 2.05) is 6.92 Å². The van der Waals surface area contributed by atoms with Crippen LogP contribution in [-0.4, -0.2) is 45.8 Å². The molecule has 14 heavy (non-hydrogen) atoms. The van der Waals surface area contributed by atoms with E-state index in [-0.39, 0.29) is 19.6 Å². The van der Waals surface area contributed by atoms with Crippen molar-refractivity contribution in [3.05, 3.63) is 0 Å². The van der Waals surface area contributed by atoms with E-state index >= 15 is 0 Å². The van der Waals surface area contributed by atoms with Crippen molar-refractivity contribution in [2.24, 2.45) is 5.41 Å². The molecule has 0 fully saturated rings. The normalized spacial score (nSPS) is 20.1. The third-order valence-corrected chi connectivity index (χ3v) is 2.69. The lowest BCUT2D eigenvalue weighted by molar-refractivity contribution is -0.0883. The first-order valence-electron chi connectivity index (χ1n) is 5.09. The molecule has 0 bridgehead atoms. The molecule has 0 radical (unpaired) electrons. The summed E-state index contributed by atoms with van der Waals surface area (Å²) in [7, 11) is 0. The van der Waals surface area contributed by atoms with Gasteiger partial charge in [0, 0.05) is 12.0 Å². The minimum atomic E-state index is -0.986. The topological polar surface area (TPSA) is 80.9 Å². The minimum Gasteiger partial charge on any atom is -0.396 e. The molecular weight excluding hydrogens is 184 g/mol. The van der Waals surface area contributed by atoms with Gasteiger partial charge in [0.05, 0.1) is 18.8 Å². The van der Waals surface area contributed by atoms with E-state index in [2.05, 4.69) is 0 Å². The van der Waals surface area contributed by atoms with Crippen LogP contribution in [-0.2, 0) is 0 Å². The van der Waals surface area contributed by atoms with Gasteiger partial charge in [0.1, 0.15) is 0 Å². The van der Waals surface area contributed by atoms with E-state index in [1.165, 1.54) is 0 Å². The Kier molecular flexibility index (Phi) is 6.27. The zero-order valence-corrected chi connectivity index (χ0v) is 8.98. The van der Waals surface area contributed by atoms with Crippen LogP contribution in [0.3, 0.4) is 0 Å². The molecule has 4 heteroatoms. The standard InChI is InChI=1S/C10H22O4/c1-3-5-10(2,7-12)9(14)8(13)4-6-11/h8-9,11-14H,3-7H2,1-2H3. The van der Waals surface area contributed by atoms with Crippen LogP contribution in [0.5, 0.6) is 0 Å². The van der Waals surface area contributed by atoms with Crippen molar-refractivity contribution in [1.82, 2.24) is 0 Å². The highest BCUT2D eigenvalue weighted by Crippen LogP contribution is 2.29. The molecule has 0 heterocycles. The van der Waals surface area contributed by atoms with E-state index in [4.69, 9.17) is 5.11 Å². The van der Waals surface area contributed by atoms with Crippen molar-refractivity contribution in [3.63, 3.8) is 0 Å². The molecule has 0 aromatic carbocycles. The van der Waals surface area contributed by atoms with Gasteiger partial charge in [0.25, 0.3) is 0 Å². The van der Waals surface area contributed by atoms with Gasteiger partial charge in [-0.1, -0.05) is 20.3 Å². The number of hydrogen-bond acceptors (Lipinski definition) is 4. The van der Waals surface area contributed by atoms with Crippen molar-refractivity contribution in [2.45, 2.75) is 45.3 Å². The van der Waals surface area contributed by atoms with Gasteiger partial charge in [-0.2, -0.15) is 0 Å². The summed E-state index contributed by atoms with van der Waals surface area (Å²) in [6, 6.07) is 0. The fourth-order valence-electron chi connectivity index (χ4n) is 1.65. The fourth-order valence-corrected chi connectivity index (χ4v) is 1.65. The highest BCUT2D eigenvalue weighted by Gasteiger charge is 2.35. The maximum absolute atomic E-state index is 9.78. The molecule has 3 unspecified atom stereocenters. The molecule has 4 N–H and O–H groups in total. The quantitative estimate of drug-likeness (QED) is 0.468. The monoisotopic (exact) mass is 206 g/mol. The smallest absolute Gasteiger partial charge is 0.0875 e. The van der Waals surface area contributed by atoms with Gasteiger partial charge in [-0.15, -0.1) is 0 Å². The minimum absolute atomic E-state index is 0.139. The molecule has 0 aliphatic heterocycles. The molecule has 0 amide bonds. The van der Waals surface area contributed by atoms with Gasteiger partial charge in [0.15, 0.2) is 0 Å². The van der Waals surface area contributed by atoms with Crippen molar-refractivity contribution in [3.8, 4) is 0 Å². The maximum atomic E-state index is 9.78. The van der Waals surface area contributed by atoms with Gasteiger partial charge in [-0.3, -0.25) is 0 Å². The summed E-state index contributed by atoms with van der Waals surface area (Å²) in [6.07, 6.45) is -0.337. The zero-order chi connectivity index (χ0) is 11.2. The van der Waals surface area contributed by atoms with Crippen molar-refractivity contribution >= 4 is 0 Å². The van der Waals surface area contributed by atoms with E-state index in [0.29, 0.717) is 6.42 Å². The number of rotatable bonds is 7. The van der Waals surface area contributed by atoms with Crippen LogP contribution in [0.25, 0.3) is 0 Å². The highest BCUT2D eigenvalue weighted by molar-refractivity contribution is 4.86. The third-order valence-electron chi connectivity index (χ3n) is 2.69. The molecule has 3 atom stereocenters. The Balaban J connectivity index is 4.34. The molecular formula is C10H22O4. The van der Waals surface area contributed by atoms with E-state index in [0.717, 1.165) is 6.42 Å². The second kappa shape index (κ2) is 6.35. The third kappa shape index (κ3) is 3.53. The average molecular weight is 206 g/mol. The van der Waals surface area contributed by atoms with Crippen molar-refractivity contribution in [2.75, 3.05) is 13.2 Å². The van der Waals surface area contributed by atoms with E-state index in [1.54, 1.807) is 6.92 Å². The molecule has 0 aliphatic carbocycles. The Morgan fingerprint density at radius 2 is 1.79 bits per heavy atom. The van der Waals surface area contributed by atoms with Gasteiger partial charge >= 0.3 is 0 Å². The van der Waals surface area contributed by atoms with Crippen LogP contribution in [0, 0.1) is 5.41 Å². The summed E-state index contributed by atoms with van der Waals surface area (Å²) in [5, 5.41) is 37.1. The SMILES string of the molecule is CCCC(C)(CO)C(O)C(O)CCO. The second-order valence-electron chi connectivity index (χ2n) is 4.09. The molecule has 0 aromatic heterocycles. The molecule has 0 saturated heterocycles. The van der Waals surface area contributed by atoms with Crippen molar-refractivity contribution < 1.29 is 20.4 Å². The molecule has 0 rings (SSSR count). The Labute approximate surface area is 85.2 Å². The summed E-state index contributed by atoms with van der Waals surface area (Å²) >= 11 is 0. The number of aliphatic hydroxyl groups is 4. The van der Waals surface area contributed by atoms with E-state index in [9.17, 15) is 15.3 Å². The Morgan fingerprint density at radius 3 is 2.14 bits per heavy atom. The van der Waals surface area contributed by atoms with E-state index < -0.39 is 17.6 Å². The fraction of sp³-hybridized carbons (Fsp3) is 1.00. The van der Waals surface area contributed by atoms with Crippen LogP contribution in [0.4, 0.5) is 0 Å². The molecule has 4 nitrogen and oxygen atoms in total. The highest BCUT2D eigenvalue weighted by atomic mass is 16.3. The Hall–Kier alpha value is -0.160. The van der Waals surface area contributed by atoms with Gasteiger partial charge in [0.2, 0.25) is 0 Å². The summed E-state index contributed by atoms with van der Waals surface area (Å²) in [5.41, 5.74) is -0.677. The zero-order valence-electron chi connectivity index (χ0n) is 8.98. The van der Waals surface area contributed by atoms with Crippen molar-refractivity contribution in [1.29, 1.82) is 0 Å². The lowest BCUT2D eigenvalue weighted by Crippen LogP contribution is -2.44. The summed E-state index contributed by atoms with van der Waals surface area (Å²) in [4.78, 5) is 0. The summed E-state index contributed by atoms with van der Waals surface area (Å²) in [5.74, 6) is 0. The maximum Gasteiger partial charge on any atom is 0.0875 e. The predicted molar refractivity (Wildman–Crippen MR) is 53.8 cm³/mol. The Bertz CT molecular complexity index is 151. The molecule has 0 aliphatic rings. The second-order valence-corrected chi connectivity index (χ2v) is 4.09. The van der Waals surface area contributed by atoms with Gasteiger partial charge < -0.3 is 20.4 Å². The van der Waals surface area contributed by atoms with Gasteiger partial charge in [-0.05, 0) is 12.8 Å². The lowest BCUT2D eigenvalue weighted by atomic mass is 9.78. The van der Waals surface area contributed by atoms with Crippen LogP contribution in [0.15, 0.2) is 0 Å². The predicted octanol–water partition coefficient (Wildman–Crippen LogP) is -0.111. The summed E-state index contributed by atoms with van der Waals surface area (Å²) in [6.45, 7) is 3.37. The molecule has 0 saturated carbocycles. The first-order valence-corrected chi connectivity index (χ1v) is 5.09. The number of aliphatic hydroxyl groups excluding tert-OH is 4. The summed E-state index contributed by atoms with van der Waals surface area (Å²) < 4.78 is 0. The lowest BCUT2D eigenvalue weighted by Gasteiger charge is -2.35. The van der Waals surface area contributed by atoms with Crippen LogP contribution < -0.4 is 0 Å². The molecule has 0 spiro atoms. The van der Waals surface area contributed by atoms with Crippen LogP contribution in [0.1, 0.15) is 33.1 Å². The van der Waals surface area contributed by atoms with Crippen LogP contribution in [0.2, 0.25) is 0 Å². The van der Waals surface area contributed by atoms with Gasteiger partial charge in [-0.25, -0.2) is 0 Å². The number of hydrogen-bond donors (Lipinski definition) is 4. The largest absolute Gasteiger partial charge is 0.396 e.